The van der Waals surface area contributed by atoms with Gasteiger partial charge in [0.1, 0.15) is 17.7 Å². The summed E-state index contributed by atoms with van der Waals surface area (Å²) < 4.78 is 31.9. The number of likely N-dealkylation sites (tertiary alicyclic amines) is 2. The quantitative estimate of drug-likeness (QED) is 0.527. The molecule has 7 nitrogen and oxygen atoms in total. The molecule has 208 valence electrons. The molecule has 3 aliphatic rings. The van der Waals surface area contributed by atoms with Crippen molar-refractivity contribution in [3.63, 3.8) is 0 Å². The lowest BCUT2D eigenvalue weighted by Gasteiger charge is -2.44. The van der Waals surface area contributed by atoms with Crippen LogP contribution in [-0.2, 0) is 15.0 Å². The maximum absolute atomic E-state index is 14.2. The third-order valence-corrected chi connectivity index (χ3v) is 8.72. The van der Waals surface area contributed by atoms with E-state index in [1.165, 1.54) is 29.2 Å². The van der Waals surface area contributed by atoms with Crippen LogP contribution in [0.25, 0.3) is 0 Å². The van der Waals surface area contributed by atoms with Crippen molar-refractivity contribution in [1.29, 1.82) is 0 Å². The minimum atomic E-state index is -0.896. The number of carbonyl (C=O) groups excluding carboxylic acids is 3. The highest BCUT2D eigenvalue weighted by atomic mass is 35.5. The van der Waals surface area contributed by atoms with Crippen LogP contribution in [0.15, 0.2) is 48.5 Å². The van der Waals surface area contributed by atoms with Crippen LogP contribution < -0.4 is 4.74 Å². The molecule has 1 saturated carbocycles. The number of hydrogen-bond acceptors (Lipinski definition) is 4. The van der Waals surface area contributed by atoms with Crippen LogP contribution in [-0.4, -0.2) is 78.0 Å². The van der Waals surface area contributed by atoms with Crippen LogP contribution in [0, 0.1) is 11.7 Å². The summed E-state index contributed by atoms with van der Waals surface area (Å²) in [6, 6.07) is 12.3. The molecule has 1 unspecified atom stereocenters. The van der Waals surface area contributed by atoms with Gasteiger partial charge in [-0.3, -0.25) is 9.59 Å². The zero-order valence-electron chi connectivity index (χ0n) is 21.8. The molecule has 10 heteroatoms. The van der Waals surface area contributed by atoms with Gasteiger partial charge in [-0.25, -0.2) is 13.6 Å². The molecule has 3 amide bonds. The normalized spacial score (nSPS) is 24.2. The summed E-state index contributed by atoms with van der Waals surface area (Å²) in [7, 11) is 1.63. The first kappa shape index (κ1) is 27.4. The van der Waals surface area contributed by atoms with Crippen LogP contribution >= 0.6 is 11.6 Å². The molecule has 5 rings (SSSR count). The van der Waals surface area contributed by atoms with Gasteiger partial charge in [-0.15, -0.1) is 0 Å². The number of carbonyl (C=O) groups is 3. The van der Waals surface area contributed by atoms with Gasteiger partial charge in [0.05, 0.1) is 11.5 Å². The van der Waals surface area contributed by atoms with Gasteiger partial charge in [-0.2, -0.15) is 0 Å². The molecule has 2 aliphatic heterocycles. The van der Waals surface area contributed by atoms with Crippen LogP contribution in [0.4, 0.5) is 13.6 Å². The SMILES string of the molecule is CN(C(=O)Oc1ccc(F)cc1)C1CCN(C(=O)C2(c3ccc(Cl)cc3)CCN(C(=O)C3CC(F)C3)CC2)C1. The molecule has 2 aromatic carbocycles. The van der Waals surface area contributed by atoms with Crippen LogP contribution in [0.1, 0.15) is 37.7 Å². The number of rotatable bonds is 5. The molecule has 3 fully saturated rings. The Kier molecular flexibility index (Phi) is 7.80. The van der Waals surface area contributed by atoms with Crippen LogP contribution in [0.3, 0.4) is 0 Å². The Morgan fingerprint density at radius 1 is 0.974 bits per heavy atom. The second-order valence-electron chi connectivity index (χ2n) is 10.8. The third kappa shape index (κ3) is 5.60. The lowest BCUT2D eigenvalue weighted by atomic mass is 9.71. The fourth-order valence-corrected chi connectivity index (χ4v) is 6.01. The van der Waals surface area contributed by atoms with Crippen molar-refractivity contribution >= 4 is 29.5 Å². The largest absolute Gasteiger partial charge is 0.415 e. The maximum Gasteiger partial charge on any atom is 0.415 e. The summed E-state index contributed by atoms with van der Waals surface area (Å²) >= 11 is 6.14. The molecular formula is C29H32ClF2N3O4. The second kappa shape index (κ2) is 11.1. The van der Waals surface area contributed by atoms with Crippen molar-refractivity contribution in [2.75, 3.05) is 33.2 Å². The van der Waals surface area contributed by atoms with Gasteiger partial charge < -0.3 is 19.4 Å². The van der Waals surface area contributed by atoms with E-state index in [9.17, 15) is 23.2 Å². The van der Waals surface area contributed by atoms with Gasteiger partial charge in [0, 0.05) is 44.2 Å². The van der Waals surface area contributed by atoms with Crippen molar-refractivity contribution < 1.29 is 27.9 Å². The van der Waals surface area contributed by atoms with E-state index in [0.29, 0.717) is 50.5 Å². The number of amides is 3. The molecule has 0 spiro atoms. The number of nitrogens with zero attached hydrogens (tertiary/aromatic N) is 3. The van der Waals surface area contributed by atoms with E-state index in [4.69, 9.17) is 16.3 Å². The Hall–Kier alpha value is -3.20. The standard InChI is InChI=1S/C29H32ClF2N3O4/c1-33(28(38)39-25-8-6-22(31)7-9-25)24-10-13-35(18-24)27(37)29(20-2-4-21(30)5-3-20)11-14-34(15-12-29)26(36)19-16-23(32)17-19/h2-9,19,23-24H,10-18H2,1H3. The molecule has 0 bridgehead atoms. The molecule has 2 saturated heterocycles. The topological polar surface area (TPSA) is 70.2 Å². The lowest BCUT2D eigenvalue weighted by Crippen LogP contribution is -2.55. The highest BCUT2D eigenvalue weighted by Crippen LogP contribution is 2.40. The number of ether oxygens (including phenoxy) is 1. The zero-order chi connectivity index (χ0) is 27.7. The Bertz CT molecular complexity index is 1210. The molecule has 39 heavy (non-hydrogen) atoms. The summed E-state index contributed by atoms with van der Waals surface area (Å²) in [5.74, 6) is -0.500. The molecule has 0 aromatic heterocycles. The zero-order valence-corrected chi connectivity index (χ0v) is 22.6. The Morgan fingerprint density at radius 3 is 2.23 bits per heavy atom. The number of halogens is 3. The molecule has 0 radical (unpaired) electrons. The summed E-state index contributed by atoms with van der Waals surface area (Å²) in [4.78, 5) is 44.8. The number of piperidine rings is 1. The lowest BCUT2D eigenvalue weighted by molar-refractivity contribution is -0.146. The Morgan fingerprint density at radius 2 is 1.62 bits per heavy atom. The monoisotopic (exact) mass is 559 g/mol. The van der Waals surface area contributed by atoms with E-state index in [-0.39, 0.29) is 42.4 Å². The summed E-state index contributed by atoms with van der Waals surface area (Å²) in [5, 5.41) is 0.572. The number of benzene rings is 2. The second-order valence-corrected chi connectivity index (χ2v) is 11.2. The minimum Gasteiger partial charge on any atom is -0.410 e. The first-order valence-electron chi connectivity index (χ1n) is 13.3. The Labute approximate surface area is 231 Å². The van der Waals surface area contributed by atoms with Gasteiger partial charge in [0.2, 0.25) is 11.8 Å². The van der Waals surface area contributed by atoms with E-state index in [2.05, 4.69) is 0 Å². The molecule has 1 aliphatic carbocycles. The smallest absolute Gasteiger partial charge is 0.410 e. The first-order chi connectivity index (χ1) is 18.7. The van der Waals surface area contributed by atoms with Gasteiger partial charge in [0.25, 0.3) is 0 Å². The minimum absolute atomic E-state index is 0.0245. The fraction of sp³-hybridized carbons (Fsp3) is 0.483. The van der Waals surface area contributed by atoms with Gasteiger partial charge in [-0.1, -0.05) is 23.7 Å². The van der Waals surface area contributed by atoms with Crippen LogP contribution in [0.5, 0.6) is 5.75 Å². The van der Waals surface area contributed by atoms with E-state index >= 15 is 0 Å². The maximum atomic E-state index is 14.2. The number of hydrogen-bond donors (Lipinski definition) is 0. The van der Waals surface area contributed by atoms with Gasteiger partial charge in [-0.05, 0) is 74.1 Å². The fourth-order valence-electron chi connectivity index (χ4n) is 5.88. The number of alkyl halides is 1. The predicted octanol–water partition coefficient (Wildman–Crippen LogP) is 4.82. The van der Waals surface area contributed by atoms with Crippen molar-refractivity contribution in [2.45, 2.75) is 49.7 Å². The molecule has 2 aromatic rings. The summed E-state index contributed by atoms with van der Waals surface area (Å²) in [5.41, 5.74) is 0.0232. The van der Waals surface area contributed by atoms with Crippen molar-refractivity contribution in [3.05, 3.63) is 64.9 Å². The van der Waals surface area contributed by atoms with E-state index in [1.54, 1.807) is 29.0 Å². The Balaban J connectivity index is 1.27. The average Bonchev–Trinajstić information content (AvgIpc) is 3.42. The van der Waals surface area contributed by atoms with E-state index in [0.717, 1.165) is 5.56 Å². The van der Waals surface area contributed by atoms with E-state index in [1.807, 2.05) is 12.1 Å². The van der Waals surface area contributed by atoms with Gasteiger partial charge >= 0.3 is 6.09 Å². The summed E-state index contributed by atoms with van der Waals surface area (Å²) in [6.45, 7) is 1.67. The summed E-state index contributed by atoms with van der Waals surface area (Å²) in [6.07, 6.45) is 0.586. The van der Waals surface area contributed by atoms with Crippen molar-refractivity contribution in [3.8, 4) is 5.75 Å². The molecule has 2 heterocycles. The molecule has 0 N–H and O–H groups in total. The van der Waals surface area contributed by atoms with E-state index < -0.39 is 23.5 Å². The highest BCUT2D eigenvalue weighted by molar-refractivity contribution is 6.30. The highest BCUT2D eigenvalue weighted by Gasteiger charge is 2.48. The molecule has 1 atom stereocenters. The van der Waals surface area contributed by atoms with Crippen molar-refractivity contribution in [2.24, 2.45) is 5.92 Å². The number of likely N-dealkylation sites (N-methyl/N-ethyl adjacent to an activating group) is 1. The molecular weight excluding hydrogens is 528 g/mol. The first-order valence-corrected chi connectivity index (χ1v) is 13.7. The average molecular weight is 560 g/mol. The predicted molar refractivity (Wildman–Crippen MR) is 142 cm³/mol. The van der Waals surface area contributed by atoms with Crippen LogP contribution in [0.2, 0.25) is 5.02 Å². The van der Waals surface area contributed by atoms with Gasteiger partial charge in [0.15, 0.2) is 0 Å². The van der Waals surface area contributed by atoms with Crippen molar-refractivity contribution in [1.82, 2.24) is 14.7 Å². The third-order valence-electron chi connectivity index (χ3n) is 8.47.